The summed E-state index contributed by atoms with van der Waals surface area (Å²) in [6, 6.07) is -0.858. The van der Waals surface area contributed by atoms with E-state index in [9.17, 15) is 13.2 Å². The molecule has 7 nitrogen and oxygen atoms in total. The third-order valence-electron chi connectivity index (χ3n) is 2.07. The van der Waals surface area contributed by atoms with Gasteiger partial charge in [-0.15, -0.1) is 0 Å². The van der Waals surface area contributed by atoms with E-state index in [4.69, 9.17) is 5.84 Å². The van der Waals surface area contributed by atoms with Crippen molar-refractivity contribution in [2.45, 2.75) is 25.6 Å². The number of nitrogens with two attached hydrogens (primary N) is 1. The second-order valence-electron chi connectivity index (χ2n) is 4.19. The SMILES string of the molecule is CC(CC(F)(F)F)Nc1nc(NN)nc(N(C)C)n1. The Labute approximate surface area is 108 Å². The van der Waals surface area contributed by atoms with Crippen molar-refractivity contribution < 1.29 is 13.2 Å². The van der Waals surface area contributed by atoms with Crippen LogP contribution in [0.4, 0.5) is 31.0 Å². The van der Waals surface area contributed by atoms with Gasteiger partial charge in [-0.05, 0) is 6.92 Å². The molecule has 0 saturated heterocycles. The van der Waals surface area contributed by atoms with Crippen LogP contribution in [0.3, 0.4) is 0 Å². The normalized spacial score (nSPS) is 13.0. The average Bonchev–Trinajstić information content (AvgIpc) is 2.25. The fourth-order valence-corrected chi connectivity index (χ4v) is 1.31. The van der Waals surface area contributed by atoms with Crippen LogP contribution in [0.1, 0.15) is 13.3 Å². The zero-order valence-corrected chi connectivity index (χ0v) is 10.8. The molecule has 1 atom stereocenters. The Morgan fingerprint density at radius 2 is 1.79 bits per heavy atom. The molecule has 0 aliphatic heterocycles. The summed E-state index contributed by atoms with van der Waals surface area (Å²) in [6.45, 7) is 1.39. The van der Waals surface area contributed by atoms with Crippen molar-refractivity contribution in [1.82, 2.24) is 15.0 Å². The summed E-state index contributed by atoms with van der Waals surface area (Å²) < 4.78 is 36.7. The first-order valence-electron chi connectivity index (χ1n) is 5.44. The van der Waals surface area contributed by atoms with E-state index in [-0.39, 0.29) is 17.8 Å². The lowest BCUT2D eigenvalue weighted by molar-refractivity contribution is -0.136. The van der Waals surface area contributed by atoms with Gasteiger partial charge in [-0.3, -0.25) is 5.43 Å². The third-order valence-corrected chi connectivity index (χ3v) is 2.07. The number of alkyl halides is 3. The molecule has 19 heavy (non-hydrogen) atoms. The molecule has 0 fully saturated rings. The summed E-state index contributed by atoms with van der Waals surface area (Å²) >= 11 is 0. The maximum Gasteiger partial charge on any atom is 0.391 e. The van der Waals surface area contributed by atoms with Gasteiger partial charge in [0.2, 0.25) is 17.8 Å². The van der Waals surface area contributed by atoms with Crippen molar-refractivity contribution in [2.75, 3.05) is 29.7 Å². The number of hydrogen-bond acceptors (Lipinski definition) is 7. The van der Waals surface area contributed by atoms with E-state index in [1.54, 1.807) is 19.0 Å². The van der Waals surface area contributed by atoms with Crippen molar-refractivity contribution in [3.63, 3.8) is 0 Å². The predicted molar refractivity (Wildman–Crippen MR) is 65.7 cm³/mol. The maximum atomic E-state index is 12.2. The molecule has 1 aromatic rings. The van der Waals surface area contributed by atoms with Crippen molar-refractivity contribution in [2.24, 2.45) is 5.84 Å². The standard InChI is InChI=1S/C9H16F3N7/c1-5(4-9(10,11)12)14-6-15-7(18-13)17-8(16-6)19(2)3/h5H,4,13H2,1-3H3,(H2,14,15,16,17,18). The Bertz CT molecular complexity index is 421. The summed E-state index contributed by atoms with van der Waals surface area (Å²) in [5.74, 6) is 5.57. The average molecular weight is 279 g/mol. The first-order valence-corrected chi connectivity index (χ1v) is 5.44. The molecule has 0 aliphatic rings. The smallest absolute Gasteiger partial charge is 0.351 e. The monoisotopic (exact) mass is 279 g/mol. The second-order valence-corrected chi connectivity index (χ2v) is 4.19. The molecule has 4 N–H and O–H groups in total. The van der Waals surface area contributed by atoms with E-state index in [1.807, 2.05) is 0 Å². The molecular weight excluding hydrogens is 263 g/mol. The minimum atomic E-state index is -4.25. The van der Waals surface area contributed by atoms with Crippen LogP contribution in [0.15, 0.2) is 0 Å². The van der Waals surface area contributed by atoms with Gasteiger partial charge in [-0.1, -0.05) is 0 Å². The molecule has 0 spiro atoms. The summed E-state index contributed by atoms with van der Waals surface area (Å²) in [5.41, 5.74) is 2.23. The van der Waals surface area contributed by atoms with Crippen LogP contribution in [0.5, 0.6) is 0 Å². The van der Waals surface area contributed by atoms with E-state index in [1.165, 1.54) is 6.92 Å². The molecule has 0 aliphatic carbocycles. The predicted octanol–water partition coefficient (Wildman–Crippen LogP) is 0.976. The Morgan fingerprint density at radius 3 is 2.26 bits per heavy atom. The van der Waals surface area contributed by atoms with Gasteiger partial charge in [0.1, 0.15) is 0 Å². The molecule has 0 amide bonds. The lowest BCUT2D eigenvalue weighted by Crippen LogP contribution is -2.26. The lowest BCUT2D eigenvalue weighted by Gasteiger charge is -2.17. The van der Waals surface area contributed by atoms with Gasteiger partial charge in [0.05, 0.1) is 6.42 Å². The van der Waals surface area contributed by atoms with Gasteiger partial charge in [0.15, 0.2) is 0 Å². The van der Waals surface area contributed by atoms with E-state index < -0.39 is 18.6 Å². The summed E-state index contributed by atoms with van der Waals surface area (Å²) in [4.78, 5) is 13.3. The zero-order chi connectivity index (χ0) is 14.6. The second kappa shape index (κ2) is 5.87. The first-order chi connectivity index (χ1) is 8.71. The number of hydrazine groups is 1. The molecule has 1 rings (SSSR count). The number of nitrogens with one attached hydrogen (secondary N) is 2. The number of anilines is 3. The molecule has 0 bridgehead atoms. The fraction of sp³-hybridized carbons (Fsp3) is 0.667. The highest BCUT2D eigenvalue weighted by molar-refractivity contribution is 5.42. The molecule has 108 valence electrons. The van der Waals surface area contributed by atoms with Gasteiger partial charge in [0, 0.05) is 20.1 Å². The van der Waals surface area contributed by atoms with E-state index in [2.05, 4.69) is 25.7 Å². The van der Waals surface area contributed by atoms with Crippen LogP contribution in [0.25, 0.3) is 0 Å². The summed E-state index contributed by atoms with van der Waals surface area (Å²) in [6.07, 6.45) is -5.24. The van der Waals surface area contributed by atoms with E-state index in [0.29, 0.717) is 0 Å². The Kier molecular flexibility index (Phi) is 4.70. The van der Waals surface area contributed by atoms with Crippen LogP contribution in [-0.4, -0.2) is 41.3 Å². The van der Waals surface area contributed by atoms with Crippen LogP contribution in [-0.2, 0) is 0 Å². The van der Waals surface area contributed by atoms with Gasteiger partial charge in [-0.2, -0.15) is 28.1 Å². The highest BCUT2D eigenvalue weighted by Gasteiger charge is 2.30. The maximum absolute atomic E-state index is 12.2. The zero-order valence-electron chi connectivity index (χ0n) is 10.8. The van der Waals surface area contributed by atoms with Crippen molar-refractivity contribution in [3.05, 3.63) is 0 Å². The molecule has 0 saturated carbocycles. The van der Waals surface area contributed by atoms with Crippen LogP contribution in [0, 0.1) is 0 Å². The quantitative estimate of drug-likeness (QED) is 0.546. The first kappa shape index (κ1) is 15.2. The molecular formula is C9H16F3N7. The topological polar surface area (TPSA) is 92.0 Å². The van der Waals surface area contributed by atoms with Gasteiger partial charge in [0.25, 0.3) is 0 Å². The minimum absolute atomic E-state index is 0.0309. The Hall–Kier alpha value is -1.84. The number of nitrogens with zero attached hydrogens (tertiary/aromatic N) is 4. The van der Waals surface area contributed by atoms with Crippen LogP contribution < -0.4 is 21.5 Å². The molecule has 1 aromatic heterocycles. The molecule has 0 radical (unpaired) electrons. The molecule has 1 unspecified atom stereocenters. The van der Waals surface area contributed by atoms with Crippen molar-refractivity contribution in [1.29, 1.82) is 0 Å². The van der Waals surface area contributed by atoms with Crippen LogP contribution >= 0.6 is 0 Å². The van der Waals surface area contributed by atoms with Gasteiger partial charge < -0.3 is 10.2 Å². The van der Waals surface area contributed by atoms with Crippen molar-refractivity contribution in [3.8, 4) is 0 Å². The molecule has 1 heterocycles. The van der Waals surface area contributed by atoms with E-state index >= 15 is 0 Å². The Balaban J connectivity index is 2.85. The highest BCUT2D eigenvalue weighted by Crippen LogP contribution is 2.23. The number of hydrogen-bond donors (Lipinski definition) is 3. The molecule has 10 heteroatoms. The number of halogens is 3. The minimum Gasteiger partial charge on any atom is -0.351 e. The van der Waals surface area contributed by atoms with Crippen LogP contribution in [0.2, 0.25) is 0 Å². The number of rotatable bonds is 5. The number of nitrogen functional groups attached to an aromatic ring is 1. The van der Waals surface area contributed by atoms with Gasteiger partial charge >= 0.3 is 6.18 Å². The van der Waals surface area contributed by atoms with E-state index in [0.717, 1.165) is 0 Å². The lowest BCUT2D eigenvalue weighted by atomic mass is 10.2. The largest absolute Gasteiger partial charge is 0.391 e. The van der Waals surface area contributed by atoms with Crippen molar-refractivity contribution >= 4 is 17.8 Å². The van der Waals surface area contributed by atoms with Gasteiger partial charge in [-0.25, -0.2) is 5.84 Å². The molecule has 0 aromatic carbocycles. The summed E-state index contributed by atoms with van der Waals surface area (Å²) in [5, 5.41) is 2.56. The summed E-state index contributed by atoms with van der Waals surface area (Å²) in [7, 11) is 3.39. The Morgan fingerprint density at radius 1 is 1.21 bits per heavy atom. The highest BCUT2D eigenvalue weighted by atomic mass is 19.4. The fourth-order valence-electron chi connectivity index (χ4n) is 1.31. The number of aromatic nitrogens is 3. The third kappa shape index (κ3) is 5.12.